The first-order valence-corrected chi connectivity index (χ1v) is 7.03. The molecule has 0 saturated heterocycles. The van der Waals surface area contributed by atoms with Crippen molar-refractivity contribution in [3.8, 4) is 11.5 Å². The molecular formula is C17H14ClNO3. The van der Waals surface area contributed by atoms with E-state index in [-0.39, 0.29) is 0 Å². The van der Waals surface area contributed by atoms with Gasteiger partial charge in [0.25, 0.3) is 0 Å². The lowest BCUT2D eigenvalue weighted by Gasteiger charge is -2.06. The molecule has 0 amide bonds. The van der Waals surface area contributed by atoms with Crippen LogP contribution in [0.3, 0.4) is 0 Å². The van der Waals surface area contributed by atoms with Gasteiger partial charge in [-0.15, -0.1) is 0 Å². The molecule has 3 rings (SSSR count). The summed E-state index contributed by atoms with van der Waals surface area (Å²) < 4.78 is 16.2. The van der Waals surface area contributed by atoms with Crippen LogP contribution in [0.4, 0.5) is 0 Å². The molecule has 0 aliphatic rings. The molecule has 0 saturated carbocycles. The first-order chi connectivity index (χ1) is 10.7. The average molecular weight is 316 g/mol. The lowest BCUT2D eigenvalue weighted by molar-refractivity contribution is 0.394. The first kappa shape index (κ1) is 14.5. The van der Waals surface area contributed by atoms with E-state index >= 15 is 0 Å². The summed E-state index contributed by atoms with van der Waals surface area (Å²) in [6.07, 6.45) is 3.67. The Morgan fingerprint density at radius 1 is 1.05 bits per heavy atom. The molecule has 0 N–H and O–H groups in total. The van der Waals surface area contributed by atoms with Crippen LogP contribution in [-0.2, 0) is 0 Å². The summed E-state index contributed by atoms with van der Waals surface area (Å²) in [5.74, 6) is 1.97. The third-order valence-electron chi connectivity index (χ3n) is 3.21. The van der Waals surface area contributed by atoms with Gasteiger partial charge in [-0.25, -0.2) is 4.98 Å². The largest absolute Gasteiger partial charge is 0.497 e. The maximum atomic E-state index is 5.94. The fraction of sp³-hybridized carbons (Fsp3) is 0.118. The summed E-state index contributed by atoms with van der Waals surface area (Å²) in [5, 5.41) is 0.633. The highest BCUT2D eigenvalue weighted by molar-refractivity contribution is 6.31. The minimum atomic E-state index is 0.509. The molecule has 0 spiro atoms. The van der Waals surface area contributed by atoms with Gasteiger partial charge >= 0.3 is 0 Å². The summed E-state index contributed by atoms with van der Waals surface area (Å²) in [5.41, 5.74) is 2.34. The number of fused-ring (bicyclic) bond motifs is 1. The van der Waals surface area contributed by atoms with Crippen LogP contribution in [0.25, 0.3) is 23.3 Å². The van der Waals surface area contributed by atoms with E-state index in [1.807, 2.05) is 24.3 Å². The number of methoxy groups -OCH3 is 2. The number of aromatic nitrogens is 1. The van der Waals surface area contributed by atoms with Crippen molar-refractivity contribution in [3.63, 3.8) is 0 Å². The molecule has 112 valence electrons. The van der Waals surface area contributed by atoms with E-state index in [1.54, 1.807) is 38.5 Å². The van der Waals surface area contributed by atoms with Gasteiger partial charge in [0.05, 0.1) is 14.2 Å². The van der Waals surface area contributed by atoms with Crippen LogP contribution >= 0.6 is 11.6 Å². The van der Waals surface area contributed by atoms with Gasteiger partial charge in [-0.1, -0.05) is 11.6 Å². The van der Waals surface area contributed by atoms with Crippen molar-refractivity contribution in [2.24, 2.45) is 0 Å². The molecule has 0 radical (unpaired) electrons. The summed E-state index contributed by atoms with van der Waals surface area (Å²) >= 11 is 5.94. The van der Waals surface area contributed by atoms with Crippen LogP contribution < -0.4 is 9.47 Å². The summed E-state index contributed by atoms with van der Waals surface area (Å²) in [4.78, 5) is 4.37. The third-order valence-corrected chi connectivity index (χ3v) is 3.45. The average Bonchev–Trinajstić information content (AvgIpc) is 2.94. The number of benzene rings is 2. The molecule has 0 atom stereocenters. The monoisotopic (exact) mass is 315 g/mol. The summed E-state index contributed by atoms with van der Waals surface area (Å²) in [6.45, 7) is 0. The zero-order chi connectivity index (χ0) is 15.5. The molecule has 1 aromatic heterocycles. The van der Waals surface area contributed by atoms with E-state index in [4.69, 9.17) is 25.5 Å². The molecule has 0 fully saturated rings. The Hall–Kier alpha value is -2.46. The molecule has 1 heterocycles. The highest BCUT2D eigenvalue weighted by Crippen LogP contribution is 2.27. The van der Waals surface area contributed by atoms with Gasteiger partial charge < -0.3 is 13.9 Å². The standard InChI is InChI=1S/C17H14ClNO3/c1-20-13-6-3-11(16(10-13)21-2)4-8-17-19-14-9-12(18)5-7-15(14)22-17/h3-10H,1-2H3/b8-4+. The quantitative estimate of drug-likeness (QED) is 0.702. The number of rotatable bonds is 4. The van der Waals surface area contributed by atoms with Crippen molar-refractivity contribution >= 4 is 34.9 Å². The Morgan fingerprint density at radius 3 is 2.68 bits per heavy atom. The molecule has 5 heteroatoms. The predicted molar refractivity (Wildman–Crippen MR) is 87.5 cm³/mol. The smallest absolute Gasteiger partial charge is 0.220 e. The van der Waals surface area contributed by atoms with Crippen molar-refractivity contribution < 1.29 is 13.9 Å². The predicted octanol–water partition coefficient (Wildman–Crippen LogP) is 4.67. The van der Waals surface area contributed by atoms with Gasteiger partial charge in [-0.05, 0) is 36.4 Å². The van der Waals surface area contributed by atoms with Crippen molar-refractivity contribution in [1.82, 2.24) is 4.98 Å². The minimum absolute atomic E-state index is 0.509. The highest BCUT2D eigenvalue weighted by atomic mass is 35.5. The van der Waals surface area contributed by atoms with Crippen LogP contribution in [0.15, 0.2) is 40.8 Å². The van der Waals surface area contributed by atoms with E-state index in [9.17, 15) is 0 Å². The fourth-order valence-electron chi connectivity index (χ4n) is 2.11. The number of oxazole rings is 1. The number of ether oxygens (including phenoxy) is 2. The molecule has 0 unspecified atom stereocenters. The Labute approximate surface area is 132 Å². The molecule has 0 aliphatic carbocycles. The molecule has 22 heavy (non-hydrogen) atoms. The zero-order valence-electron chi connectivity index (χ0n) is 12.2. The Kier molecular flexibility index (Phi) is 4.02. The molecule has 3 aromatic rings. The van der Waals surface area contributed by atoms with Gasteiger partial charge in [-0.3, -0.25) is 0 Å². The third kappa shape index (κ3) is 2.92. The SMILES string of the molecule is COc1ccc(/C=C/c2nc3cc(Cl)ccc3o2)c(OC)c1. The molecule has 0 aliphatic heterocycles. The number of nitrogens with zero attached hydrogens (tertiary/aromatic N) is 1. The Balaban J connectivity index is 1.92. The van der Waals surface area contributed by atoms with Crippen molar-refractivity contribution in [3.05, 3.63) is 52.9 Å². The van der Waals surface area contributed by atoms with Crippen LogP contribution in [0, 0.1) is 0 Å². The van der Waals surface area contributed by atoms with E-state index < -0.39 is 0 Å². The van der Waals surface area contributed by atoms with E-state index in [1.165, 1.54) is 0 Å². The van der Waals surface area contributed by atoms with Crippen molar-refractivity contribution in [2.45, 2.75) is 0 Å². The van der Waals surface area contributed by atoms with Crippen molar-refractivity contribution in [2.75, 3.05) is 14.2 Å². The molecule has 0 bridgehead atoms. The van der Waals surface area contributed by atoms with Gasteiger partial charge in [0.2, 0.25) is 5.89 Å². The topological polar surface area (TPSA) is 44.5 Å². The lowest BCUT2D eigenvalue weighted by Crippen LogP contribution is -1.89. The second-order valence-corrected chi connectivity index (χ2v) is 5.04. The molecule has 2 aromatic carbocycles. The van der Waals surface area contributed by atoms with E-state index in [0.717, 1.165) is 22.6 Å². The maximum Gasteiger partial charge on any atom is 0.220 e. The van der Waals surface area contributed by atoms with Crippen LogP contribution in [0.5, 0.6) is 11.5 Å². The summed E-state index contributed by atoms with van der Waals surface area (Å²) in [7, 11) is 3.24. The highest BCUT2D eigenvalue weighted by Gasteiger charge is 2.05. The Bertz CT molecular complexity index is 839. The molecule has 4 nitrogen and oxygen atoms in total. The van der Waals surface area contributed by atoms with Crippen LogP contribution in [0.1, 0.15) is 11.5 Å². The number of hydrogen-bond donors (Lipinski definition) is 0. The second-order valence-electron chi connectivity index (χ2n) is 4.61. The van der Waals surface area contributed by atoms with E-state index in [0.29, 0.717) is 16.5 Å². The van der Waals surface area contributed by atoms with Gasteiger partial charge in [0, 0.05) is 22.7 Å². The zero-order valence-corrected chi connectivity index (χ0v) is 12.9. The second kappa shape index (κ2) is 6.12. The normalized spacial score (nSPS) is 11.2. The van der Waals surface area contributed by atoms with Crippen molar-refractivity contribution in [1.29, 1.82) is 0 Å². The lowest BCUT2D eigenvalue weighted by atomic mass is 10.1. The van der Waals surface area contributed by atoms with E-state index in [2.05, 4.69) is 4.98 Å². The minimum Gasteiger partial charge on any atom is -0.497 e. The summed E-state index contributed by atoms with van der Waals surface area (Å²) in [6, 6.07) is 10.9. The Morgan fingerprint density at radius 2 is 1.91 bits per heavy atom. The van der Waals surface area contributed by atoms with Crippen LogP contribution in [0.2, 0.25) is 5.02 Å². The molecular weight excluding hydrogens is 302 g/mol. The first-order valence-electron chi connectivity index (χ1n) is 6.66. The maximum absolute atomic E-state index is 5.94. The van der Waals surface area contributed by atoms with Crippen LogP contribution in [-0.4, -0.2) is 19.2 Å². The van der Waals surface area contributed by atoms with Gasteiger partial charge in [-0.2, -0.15) is 0 Å². The van der Waals surface area contributed by atoms with Gasteiger partial charge in [0.1, 0.15) is 17.0 Å². The number of halogens is 1. The number of hydrogen-bond acceptors (Lipinski definition) is 4. The van der Waals surface area contributed by atoms with Gasteiger partial charge in [0.15, 0.2) is 5.58 Å². The fourth-order valence-corrected chi connectivity index (χ4v) is 2.27.